The quantitative estimate of drug-likeness (QED) is 0.653. The highest BCUT2D eigenvalue weighted by Gasteiger charge is 2.14. The molecule has 1 atom stereocenters. The van der Waals surface area contributed by atoms with Gasteiger partial charge in [-0.15, -0.1) is 0 Å². The fourth-order valence-corrected chi connectivity index (χ4v) is 2.99. The van der Waals surface area contributed by atoms with Gasteiger partial charge in [0.25, 0.3) is 0 Å². The summed E-state index contributed by atoms with van der Waals surface area (Å²) >= 11 is 0. The molecule has 0 N–H and O–H groups in total. The maximum atomic E-state index is 2.44. The van der Waals surface area contributed by atoms with Gasteiger partial charge in [-0.1, -0.05) is 66.8 Å². The topological polar surface area (TPSA) is 0 Å². The highest BCUT2D eigenvalue weighted by molar-refractivity contribution is 5.85. The first-order chi connectivity index (χ1) is 8.92. The van der Waals surface area contributed by atoms with Crippen molar-refractivity contribution in [3.63, 3.8) is 0 Å². The van der Waals surface area contributed by atoms with Gasteiger partial charge in [-0.3, -0.25) is 0 Å². The van der Waals surface area contributed by atoms with Gasteiger partial charge in [-0.05, 0) is 33.2 Å². The summed E-state index contributed by atoms with van der Waals surface area (Å²) in [5.41, 5.74) is 1.44. The Morgan fingerprint density at radius 2 is 1.94 bits per heavy atom. The van der Waals surface area contributed by atoms with Crippen LogP contribution in [0.15, 0.2) is 60.2 Å². The fourth-order valence-electron chi connectivity index (χ4n) is 2.99. The molecule has 0 saturated carbocycles. The van der Waals surface area contributed by atoms with Gasteiger partial charge in [0.05, 0.1) is 0 Å². The third-order valence-corrected chi connectivity index (χ3v) is 3.94. The molecule has 1 unspecified atom stereocenters. The molecule has 0 aliphatic heterocycles. The molecule has 86 valence electrons. The Labute approximate surface area is 106 Å². The van der Waals surface area contributed by atoms with Crippen LogP contribution in [0.25, 0.3) is 22.9 Å². The summed E-state index contributed by atoms with van der Waals surface area (Å²) < 4.78 is 0. The van der Waals surface area contributed by atoms with Crippen molar-refractivity contribution in [3.05, 3.63) is 70.6 Å². The zero-order valence-electron chi connectivity index (χ0n) is 10.1. The van der Waals surface area contributed by atoms with Gasteiger partial charge in [0.15, 0.2) is 0 Å². The maximum absolute atomic E-state index is 2.44. The molecule has 0 saturated heterocycles. The van der Waals surface area contributed by atoms with Crippen LogP contribution in [0.4, 0.5) is 0 Å². The summed E-state index contributed by atoms with van der Waals surface area (Å²) in [7, 11) is 0. The van der Waals surface area contributed by atoms with E-state index in [1.165, 1.54) is 26.8 Å². The van der Waals surface area contributed by atoms with E-state index in [2.05, 4.69) is 66.8 Å². The Balaban J connectivity index is 2.13. The third-order valence-electron chi connectivity index (χ3n) is 3.94. The number of hydrogen-bond acceptors (Lipinski definition) is 0. The molecule has 18 heavy (non-hydrogen) atoms. The summed E-state index contributed by atoms with van der Waals surface area (Å²) in [5.74, 6) is 0.563. The van der Waals surface area contributed by atoms with Crippen molar-refractivity contribution < 1.29 is 0 Å². The number of rotatable bonds is 0. The van der Waals surface area contributed by atoms with Gasteiger partial charge in [0.2, 0.25) is 0 Å². The van der Waals surface area contributed by atoms with Crippen LogP contribution in [0.5, 0.6) is 0 Å². The molecule has 2 aromatic carbocycles. The van der Waals surface area contributed by atoms with Gasteiger partial charge in [-0.2, -0.15) is 0 Å². The van der Waals surface area contributed by atoms with Crippen molar-refractivity contribution >= 4 is 22.9 Å². The Morgan fingerprint density at radius 3 is 2.94 bits per heavy atom. The zero-order valence-corrected chi connectivity index (χ0v) is 10.1. The Kier molecular flexibility index (Phi) is 2.04. The summed E-state index contributed by atoms with van der Waals surface area (Å²) in [6.45, 7) is 0. The van der Waals surface area contributed by atoms with Crippen LogP contribution in [-0.4, -0.2) is 0 Å². The SMILES string of the molecule is C1=CCC2C=c3c(ccc4ccccc34)=CC2=C1. The van der Waals surface area contributed by atoms with Crippen molar-refractivity contribution in [2.24, 2.45) is 5.92 Å². The second-order valence-corrected chi connectivity index (χ2v) is 5.04. The van der Waals surface area contributed by atoms with Crippen LogP contribution >= 0.6 is 0 Å². The standard InChI is InChI=1S/C18H14/c1-2-7-15-12-18-16(11-14(15)6-1)10-9-13-5-3-4-8-17(13)18/h1-6,8-12,15H,7H2. The smallest absolute Gasteiger partial charge is 0.00622 e. The molecular formula is C18H14. The highest BCUT2D eigenvalue weighted by Crippen LogP contribution is 2.24. The van der Waals surface area contributed by atoms with Gasteiger partial charge < -0.3 is 0 Å². The monoisotopic (exact) mass is 230 g/mol. The zero-order chi connectivity index (χ0) is 11.9. The Hall–Kier alpha value is -2.08. The average molecular weight is 230 g/mol. The lowest BCUT2D eigenvalue weighted by atomic mass is 9.85. The molecule has 2 aliphatic carbocycles. The average Bonchev–Trinajstić information content (AvgIpc) is 2.45. The van der Waals surface area contributed by atoms with E-state index < -0.39 is 0 Å². The molecule has 0 fully saturated rings. The van der Waals surface area contributed by atoms with Crippen LogP contribution in [0.1, 0.15) is 6.42 Å². The number of hydrogen-bond donors (Lipinski definition) is 0. The molecule has 2 aromatic rings. The van der Waals surface area contributed by atoms with E-state index in [0.717, 1.165) is 6.42 Å². The molecule has 0 nitrogen and oxygen atoms in total. The molecule has 0 radical (unpaired) electrons. The van der Waals surface area contributed by atoms with Gasteiger partial charge in [0, 0.05) is 5.92 Å². The van der Waals surface area contributed by atoms with Gasteiger partial charge in [0.1, 0.15) is 0 Å². The van der Waals surface area contributed by atoms with Crippen LogP contribution in [-0.2, 0) is 0 Å². The van der Waals surface area contributed by atoms with E-state index in [9.17, 15) is 0 Å². The lowest BCUT2D eigenvalue weighted by molar-refractivity contribution is 0.831. The summed E-state index contributed by atoms with van der Waals surface area (Å²) in [6, 6.07) is 13.1. The normalized spacial score (nSPS) is 20.4. The first kappa shape index (κ1) is 9.90. The summed E-state index contributed by atoms with van der Waals surface area (Å²) in [6.07, 6.45) is 12.6. The maximum Gasteiger partial charge on any atom is 0.00622 e. The molecule has 0 amide bonds. The molecule has 0 heterocycles. The minimum atomic E-state index is 0.563. The lowest BCUT2D eigenvalue weighted by Crippen LogP contribution is -2.30. The van der Waals surface area contributed by atoms with E-state index in [0.29, 0.717) is 5.92 Å². The third kappa shape index (κ3) is 1.39. The van der Waals surface area contributed by atoms with Gasteiger partial charge >= 0.3 is 0 Å². The molecule has 2 aliphatic rings. The predicted octanol–water partition coefficient (Wildman–Crippen LogP) is 2.92. The van der Waals surface area contributed by atoms with Crippen molar-refractivity contribution in [1.82, 2.24) is 0 Å². The molecule has 0 spiro atoms. The molecule has 0 bridgehead atoms. The van der Waals surface area contributed by atoms with Gasteiger partial charge in [-0.25, -0.2) is 0 Å². The fraction of sp³-hybridized carbons (Fsp3) is 0.111. The van der Waals surface area contributed by atoms with Crippen molar-refractivity contribution in [1.29, 1.82) is 0 Å². The van der Waals surface area contributed by atoms with E-state index in [4.69, 9.17) is 0 Å². The highest BCUT2D eigenvalue weighted by atomic mass is 14.2. The number of allylic oxidation sites excluding steroid dienone is 4. The molecule has 4 rings (SSSR count). The van der Waals surface area contributed by atoms with Crippen LogP contribution in [0.3, 0.4) is 0 Å². The first-order valence-electron chi connectivity index (χ1n) is 6.50. The number of fused-ring (bicyclic) bond motifs is 4. The Bertz CT molecular complexity index is 804. The van der Waals surface area contributed by atoms with Crippen LogP contribution < -0.4 is 10.4 Å². The van der Waals surface area contributed by atoms with E-state index >= 15 is 0 Å². The number of benzene rings is 2. The van der Waals surface area contributed by atoms with Crippen molar-refractivity contribution in [2.45, 2.75) is 6.42 Å². The lowest BCUT2D eigenvalue weighted by Gasteiger charge is -2.19. The minimum absolute atomic E-state index is 0.563. The minimum Gasteiger partial charge on any atom is -0.0836 e. The largest absolute Gasteiger partial charge is 0.0836 e. The first-order valence-corrected chi connectivity index (χ1v) is 6.50. The second-order valence-electron chi connectivity index (χ2n) is 5.04. The van der Waals surface area contributed by atoms with Crippen LogP contribution in [0.2, 0.25) is 0 Å². The second kappa shape index (κ2) is 3.71. The predicted molar refractivity (Wildman–Crippen MR) is 77.5 cm³/mol. The Morgan fingerprint density at radius 1 is 1.00 bits per heavy atom. The van der Waals surface area contributed by atoms with E-state index in [1.807, 2.05) is 0 Å². The van der Waals surface area contributed by atoms with E-state index in [-0.39, 0.29) is 0 Å². The van der Waals surface area contributed by atoms with E-state index in [1.54, 1.807) is 0 Å². The van der Waals surface area contributed by atoms with Crippen LogP contribution in [0, 0.1) is 5.92 Å². The summed E-state index contributed by atoms with van der Waals surface area (Å²) in [5, 5.41) is 5.47. The van der Waals surface area contributed by atoms with Crippen molar-refractivity contribution in [2.75, 3.05) is 0 Å². The molecule has 0 heteroatoms. The molecular weight excluding hydrogens is 216 g/mol. The molecule has 0 aromatic heterocycles. The van der Waals surface area contributed by atoms with Crippen molar-refractivity contribution in [3.8, 4) is 0 Å². The summed E-state index contributed by atoms with van der Waals surface area (Å²) in [4.78, 5) is 0.